The number of unbranched alkanes of at least 4 members (excludes halogenated alkanes) is 1. The van der Waals surface area contributed by atoms with Gasteiger partial charge in [-0.05, 0) is 24.6 Å². The average molecular weight is 244 g/mol. The monoisotopic (exact) mass is 244 g/mol. The van der Waals surface area contributed by atoms with Gasteiger partial charge in [-0.1, -0.05) is 13.3 Å². The smallest absolute Gasteiger partial charge is 0.387 e. The molecule has 0 unspecified atom stereocenters. The fraction of sp³-hybridized carbons (Fsp3) is 0.417. The van der Waals surface area contributed by atoms with Crippen molar-refractivity contribution in [2.75, 3.05) is 6.61 Å². The van der Waals surface area contributed by atoms with Crippen LogP contribution in [0, 0.1) is 0 Å². The van der Waals surface area contributed by atoms with Crippen molar-refractivity contribution in [1.82, 2.24) is 0 Å². The van der Waals surface area contributed by atoms with Crippen molar-refractivity contribution >= 4 is 6.29 Å². The molecule has 0 aromatic heterocycles. The Labute approximate surface area is 98.3 Å². The molecule has 0 fully saturated rings. The number of halogens is 2. The fourth-order valence-electron chi connectivity index (χ4n) is 1.23. The highest BCUT2D eigenvalue weighted by atomic mass is 19.3. The molecule has 0 heterocycles. The van der Waals surface area contributed by atoms with E-state index >= 15 is 0 Å². The van der Waals surface area contributed by atoms with Gasteiger partial charge in [0.25, 0.3) is 0 Å². The molecule has 5 heteroatoms. The summed E-state index contributed by atoms with van der Waals surface area (Å²) >= 11 is 0. The van der Waals surface area contributed by atoms with Gasteiger partial charge in [-0.15, -0.1) is 0 Å². The van der Waals surface area contributed by atoms with Gasteiger partial charge < -0.3 is 9.47 Å². The van der Waals surface area contributed by atoms with Crippen LogP contribution in [0.25, 0.3) is 0 Å². The van der Waals surface area contributed by atoms with Gasteiger partial charge >= 0.3 is 6.61 Å². The third-order valence-electron chi connectivity index (χ3n) is 2.08. The van der Waals surface area contributed by atoms with Crippen molar-refractivity contribution in [1.29, 1.82) is 0 Å². The Morgan fingerprint density at radius 3 is 2.71 bits per heavy atom. The van der Waals surface area contributed by atoms with Crippen molar-refractivity contribution in [3.05, 3.63) is 23.8 Å². The second kappa shape index (κ2) is 6.83. The molecule has 3 nitrogen and oxygen atoms in total. The summed E-state index contributed by atoms with van der Waals surface area (Å²) in [6.45, 7) is -0.517. The number of carbonyl (C=O) groups is 1. The Balaban J connectivity index is 2.81. The second-order valence-electron chi connectivity index (χ2n) is 3.40. The molecular weight excluding hydrogens is 230 g/mol. The lowest BCUT2D eigenvalue weighted by atomic mass is 10.2. The van der Waals surface area contributed by atoms with Gasteiger partial charge in [0, 0.05) is 5.56 Å². The van der Waals surface area contributed by atoms with Crippen LogP contribution in [0.4, 0.5) is 8.78 Å². The molecule has 0 bridgehead atoms. The first-order chi connectivity index (χ1) is 8.17. The molecule has 0 saturated carbocycles. The van der Waals surface area contributed by atoms with Crippen LogP contribution in [-0.4, -0.2) is 19.5 Å². The number of alkyl halides is 2. The van der Waals surface area contributed by atoms with Crippen molar-refractivity contribution in [3.8, 4) is 11.5 Å². The second-order valence-corrected chi connectivity index (χ2v) is 3.40. The molecule has 0 N–H and O–H groups in total. The predicted molar refractivity (Wildman–Crippen MR) is 58.9 cm³/mol. The molecule has 0 radical (unpaired) electrons. The quantitative estimate of drug-likeness (QED) is 0.545. The molecule has 0 aliphatic carbocycles. The summed E-state index contributed by atoms with van der Waals surface area (Å²) < 4.78 is 33.9. The summed E-state index contributed by atoms with van der Waals surface area (Å²) in [6.07, 6.45) is 2.33. The first-order valence-corrected chi connectivity index (χ1v) is 5.34. The molecule has 1 rings (SSSR count). The Kier molecular flexibility index (Phi) is 5.39. The molecule has 94 valence electrons. The number of aldehydes is 1. The average Bonchev–Trinajstić information content (AvgIpc) is 2.30. The molecule has 17 heavy (non-hydrogen) atoms. The molecule has 0 saturated heterocycles. The van der Waals surface area contributed by atoms with E-state index in [9.17, 15) is 13.6 Å². The van der Waals surface area contributed by atoms with Crippen molar-refractivity contribution in [2.45, 2.75) is 26.4 Å². The molecule has 1 aromatic rings. The normalized spacial score (nSPS) is 10.4. The van der Waals surface area contributed by atoms with E-state index in [0.717, 1.165) is 12.8 Å². The third-order valence-corrected chi connectivity index (χ3v) is 2.08. The van der Waals surface area contributed by atoms with Gasteiger partial charge in [0.1, 0.15) is 6.29 Å². The first-order valence-electron chi connectivity index (χ1n) is 5.34. The number of benzene rings is 1. The van der Waals surface area contributed by atoms with E-state index in [-0.39, 0.29) is 17.1 Å². The zero-order valence-electron chi connectivity index (χ0n) is 9.49. The predicted octanol–water partition coefficient (Wildman–Crippen LogP) is 3.28. The summed E-state index contributed by atoms with van der Waals surface area (Å²) in [4.78, 5) is 10.5. The standard InChI is InChI=1S/C12H14F2O3/c1-2-3-6-16-10-5-4-9(8-15)7-11(10)17-12(13)14/h4-5,7-8,12H,2-3,6H2,1H3. The zero-order valence-corrected chi connectivity index (χ0v) is 9.49. The molecule has 0 amide bonds. The topological polar surface area (TPSA) is 35.5 Å². The lowest BCUT2D eigenvalue weighted by Crippen LogP contribution is -2.05. The van der Waals surface area contributed by atoms with E-state index in [0.29, 0.717) is 12.9 Å². The van der Waals surface area contributed by atoms with E-state index < -0.39 is 6.61 Å². The lowest BCUT2D eigenvalue weighted by Gasteiger charge is -2.12. The van der Waals surface area contributed by atoms with Crippen molar-refractivity contribution < 1.29 is 23.0 Å². The SMILES string of the molecule is CCCCOc1ccc(C=O)cc1OC(F)F. The van der Waals surface area contributed by atoms with Crippen molar-refractivity contribution in [3.63, 3.8) is 0 Å². The molecule has 1 aromatic carbocycles. The maximum absolute atomic E-state index is 12.2. The third kappa shape index (κ3) is 4.38. The van der Waals surface area contributed by atoms with Gasteiger partial charge in [-0.3, -0.25) is 4.79 Å². The van der Waals surface area contributed by atoms with E-state index in [2.05, 4.69) is 4.74 Å². The van der Waals surface area contributed by atoms with Crippen LogP contribution in [0.1, 0.15) is 30.1 Å². The van der Waals surface area contributed by atoms with E-state index in [1.54, 1.807) is 0 Å². The molecular formula is C12H14F2O3. The minimum absolute atomic E-state index is 0.110. The van der Waals surface area contributed by atoms with Crippen LogP contribution in [-0.2, 0) is 0 Å². The van der Waals surface area contributed by atoms with Gasteiger partial charge in [0.15, 0.2) is 11.5 Å². The minimum Gasteiger partial charge on any atom is -0.490 e. The van der Waals surface area contributed by atoms with Crippen LogP contribution in [0.2, 0.25) is 0 Å². The van der Waals surface area contributed by atoms with Crippen LogP contribution in [0.15, 0.2) is 18.2 Å². The summed E-state index contributed by atoms with van der Waals surface area (Å²) in [6, 6.07) is 4.18. The Morgan fingerprint density at radius 2 is 2.12 bits per heavy atom. The number of ether oxygens (including phenoxy) is 2. The van der Waals surface area contributed by atoms with Crippen molar-refractivity contribution in [2.24, 2.45) is 0 Å². The lowest BCUT2D eigenvalue weighted by molar-refractivity contribution is -0.0515. The van der Waals surface area contributed by atoms with E-state index in [4.69, 9.17) is 4.74 Å². The molecule has 0 atom stereocenters. The van der Waals surface area contributed by atoms with Crippen LogP contribution in [0.5, 0.6) is 11.5 Å². The van der Waals surface area contributed by atoms with Crippen LogP contribution < -0.4 is 9.47 Å². The van der Waals surface area contributed by atoms with Gasteiger partial charge in [0.2, 0.25) is 0 Å². The van der Waals surface area contributed by atoms with Gasteiger partial charge in [-0.2, -0.15) is 8.78 Å². The molecule has 0 aliphatic rings. The fourth-order valence-corrected chi connectivity index (χ4v) is 1.23. The number of hydrogen-bond acceptors (Lipinski definition) is 3. The maximum Gasteiger partial charge on any atom is 0.387 e. The highest BCUT2D eigenvalue weighted by Crippen LogP contribution is 2.29. The maximum atomic E-state index is 12.2. The Hall–Kier alpha value is -1.65. The highest BCUT2D eigenvalue weighted by molar-refractivity contribution is 5.76. The van der Waals surface area contributed by atoms with Gasteiger partial charge in [-0.25, -0.2) is 0 Å². The largest absolute Gasteiger partial charge is 0.490 e. The minimum atomic E-state index is -2.94. The Morgan fingerprint density at radius 1 is 1.35 bits per heavy atom. The van der Waals surface area contributed by atoms with Crippen LogP contribution >= 0.6 is 0 Å². The zero-order chi connectivity index (χ0) is 12.7. The molecule has 0 aliphatic heterocycles. The summed E-state index contributed by atoms with van der Waals surface area (Å²) in [7, 11) is 0. The van der Waals surface area contributed by atoms with E-state index in [1.165, 1.54) is 18.2 Å². The number of hydrogen-bond donors (Lipinski definition) is 0. The summed E-state index contributed by atoms with van der Waals surface area (Å²) in [5.41, 5.74) is 0.267. The number of carbonyl (C=O) groups excluding carboxylic acids is 1. The molecule has 0 spiro atoms. The first kappa shape index (κ1) is 13.4. The van der Waals surface area contributed by atoms with Crippen LogP contribution in [0.3, 0.4) is 0 Å². The summed E-state index contributed by atoms with van der Waals surface area (Å²) in [5.74, 6) is 0.116. The van der Waals surface area contributed by atoms with Gasteiger partial charge in [0.05, 0.1) is 6.61 Å². The van der Waals surface area contributed by atoms with E-state index in [1.807, 2.05) is 6.92 Å². The Bertz CT molecular complexity index is 367. The highest BCUT2D eigenvalue weighted by Gasteiger charge is 2.11. The summed E-state index contributed by atoms with van der Waals surface area (Å²) in [5, 5.41) is 0. The number of rotatable bonds is 7.